The lowest BCUT2D eigenvalue weighted by Crippen LogP contribution is -2.10. The molecular weight excluding hydrogens is 237 g/mol. The standard InChI is InChI=1S/C10H7Cl2NO2/c11-6-1-2-7(12)9-8(6)10(15)5(4-14)3-13-9/h1-3,14H,4H2,(H,13,15). The zero-order valence-corrected chi connectivity index (χ0v) is 9.06. The predicted octanol–water partition coefficient (Wildman–Crippen LogP) is 2.33. The average Bonchev–Trinajstić information content (AvgIpc) is 2.23. The second kappa shape index (κ2) is 3.85. The van der Waals surface area contributed by atoms with Gasteiger partial charge in [0.25, 0.3) is 0 Å². The minimum atomic E-state index is -0.325. The van der Waals surface area contributed by atoms with Gasteiger partial charge in [0.1, 0.15) is 0 Å². The Balaban J connectivity index is 2.99. The Morgan fingerprint density at radius 1 is 1.27 bits per heavy atom. The molecule has 1 heterocycles. The maximum absolute atomic E-state index is 11.8. The summed E-state index contributed by atoms with van der Waals surface area (Å²) in [6, 6.07) is 3.17. The van der Waals surface area contributed by atoms with Crippen LogP contribution in [0.25, 0.3) is 10.9 Å². The van der Waals surface area contributed by atoms with Gasteiger partial charge in [0.15, 0.2) is 5.43 Å². The second-order valence-electron chi connectivity index (χ2n) is 3.08. The highest BCUT2D eigenvalue weighted by atomic mass is 35.5. The molecular formula is C10H7Cl2NO2. The Bertz CT molecular complexity index is 577. The van der Waals surface area contributed by atoms with E-state index in [-0.39, 0.29) is 17.6 Å². The molecule has 0 aliphatic carbocycles. The molecule has 0 saturated carbocycles. The van der Waals surface area contributed by atoms with E-state index in [1.54, 1.807) is 12.1 Å². The van der Waals surface area contributed by atoms with Crippen molar-refractivity contribution in [2.24, 2.45) is 0 Å². The van der Waals surface area contributed by atoms with Gasteiger partial charge in [-0.25, -0.2) is 0 Å². The molecule has 78 valence electrons. The molecule has 0 fully saturated rings. The van der Waals surface area contributed by atoms with Gasteiger partial charge in [-0.3, -0.25) is 4.79 Å². The second-order valence-corrected chi connectivity index (χ2v) is 3.89. The number of aliphatic hydroxyl groups excluding tert-OH is 1. The molecule has 1 aromatic heterocycles. The van der Waals surface area contributed by atoms with Crippen LogP contribution in [0.2, 0.25) is 10.0 Å². The number of rotatable bonds is 1. The summed E-state index contributed by atoms with van der Waals surface area (Å²) in [5, 5.41) is 10.0. The summed E-state index contributed by atoms with van der Waals surface area (Å²) in [6.45, 7) is -0.325. The predicted molar refractivity (Wildman–Crippen MR) is 60.5 cm³/mol. The smallest absolute Gasteiger partial charge is 0.196 e. The van der Waals surface area contributed by atoms with Crippen molar-refractivity contribution in [2.75, 3.05) is 0 Å². The molecule has 2 rings (SSSR count). The van der Waals surface area contributed by atoms with Gasteiger partial charge in [-0.15, -0.1) is 0 Å². The fraction of sp³-hybridized carbons (Fsp3) is 0.100. The van der Waals surface area contributed by atoms with Gasteiger partial charge in [0.2, 0.25) is 0 Å². The number of aliphatic hydroxyl groups is 1. The number of aromatic amines is 1. The van der Waals surface area contributed by atoms with Crippen LogP contribution in [0.5, 0.6) is 0 Å². The molecule has 0 atom stereocenters. The number of halogens is 2. The Labute approximate surface area is 95.3 Å². The summed E-state index contributed by atoms with van der Waals surface area (Å²) >= 11 is 11.8. The van der Waals surface area contributed by atoms with Crippen molar-refractivity contribution in [1.29, 1.82) is 0 Å². The average molecular weight is 244 g/mol. The highest BCUT2D eigenvalue weighted by Crippen LogP contribution is 2.25. The quantitative estimate of drug-likeness (QED) is 0.808. The monoisotopic (exact) mass is 243 g/mol. The van der Waals surface area contributed by atoms with Gasteiger partial charge >= 0.3 is 0 Å². The molecule has 0 saturated heterocycles. The van der Waals surface area contributed by atoms with E-state index in [1.165, 1.54) is 6.20 Å². The zero-order chi connectivity index (χ0) is 11.0. The molecule has 2 N–H and O–H groups in total. The van der Waals surface area contributed by atoms with Gasteiger partial charge in [0, 0.05) is 11.8 Å². The van der Waals surface area contributed by atoms with Crippen LogP contribution < -0.4 is 5.43 Å². The van der Waals surface area contributed by atoms with E-state index in [9.17, 15) is 4.79 Å². The van der Waals surface area contributed by atoms with Crippen molar-refractivity contribution >= 4 is 34.1 Å². The van der Waals surface area contributed by atoms with Crippen LogP contribution in [0, 0.1) is 0 Å². The van der Waals surface area contributed by atoms with E-state index in [0.29, 0.717) is 20.9 Å². The maximum Gasteiger partial charge on any atom is 0.196 e. The van der Waals surface area contributed by atoms with Crippen molar-refractivity contribution in [3.05, 3.63) is 44.2 Å². The normalized spacial score (nSPS) is 10.9. The molecule has 3 nitrogen and oxygen atoms in total. The molecule has 0 aliphatic rings. The topological polar surface area (TPSA) is 53.1 Å². The Morgan fingerprint density at radius 2 is 1.93 bits per heavy atom. The summed E-state index contributed by atoms with van der Waals surface area (Å²) < 4.78 is 0. The van der Waals surface area contributed by atoms with Crippen LogP contribution >= 0.6 is 23.2 Å². The van der Waals surface area contributed by atoms with Crippen molar-refractivity contribution in [2.45, 2.75) is 6.61 Å². The van der Waals surface area contributed by atoms with Crippen molar-refractivity contribution in [3.63, 3.8) is 0 Å². The van der Waals surface area contributed by atoms with Gasteiger partial charge in [-0.1, -0.05) is 23.2 Å². The molecule has 0 amide bonds. The number of hydrogen-bond acceptors (Lipinski definition) is 2. The summed E-state index contributed by atoms with van der Waals surface area (Å²) in [6.07, 6.45) is 1.44. The summed E-state index contributed by atoms with van der Waals surface area (Å²) in [4.78, 5) is 14.7. The molecule has 0 aliphatic heterocycles. The van der Waals surface area contributed by atoms with Crippen LogP contribution in [-0.2, 0) is 6.61 Å². The Hall–Kier alpha value is -1.03. The number of aromatic nitrogens is 1. The van der Waals surface area contributed by atoms with E-state index >= 15 is 0 Å². The van der Waals surface area contributed by atoms with Gasteiger partial charge in [-0.2, -0.15) is 0 Å². The van der Waals surface area contributed by atoms with Crippen LogP contribution in [-0.4, -0.2) is 10.1 Å². The molecule has 0 bridgehead atoms. The minimum absolute atomic E-state index is 0.270. The third-order valence-electron chi connectivity index (χ3n) is 2.18. The van der Waals surface area contributed by atoms with E-state index in [1.807, 2.05) is 0 Å². The van der Waals surface area contributed by atoms with Crippen LogP contribution in [0.4, 0.5) is 0 Å². The molecule has 0 radical (unpaired) electrons. The summed E-state index contributed by atoms with van der Waals surface area (Å²) in [5.41, 5.74) is 0.469. The van der Waals surface area contributed by atoms with E-state index in [4.69, 9.17) is 28.3 Å². The lowest BCUT2D eigenvalue weighted by Gasteiger charge is -2.04. The summed E-state index contributed by atoms with van der Waals surface area (Å²) in [5.74, 6) is 0. The lowest BCUT2D eigenvalue weighted by molar-refractivity contribution is 0.280. The lowest BCUT2D eigenvalue weighted by atomic mass is 10.1. The number of nitrogens with one attached hydrogen (secondary N) is 1. The van der Waals surface area contributed by atoms with E-state index in [0.717, 1.165) is 0 Å². The number of hydrogen-bond donors (Lipinski definition) is 2. The first kappa shape index (κ1) is 10.5. The first-order valence-corrected chi connectivity index (χ1v) is 5.00. The summed E-state index contributed by atoms with van der Waals surface area (Å²) in [7, 11) is 0. The SMILES string of the molecule is O=c1c(CO)c[nH]c2c(Cl)ccc(Cl)c12. The third kappa shape index (κ3) is 1.63. The molecule has 0 spiro atoms. The van der Waals surface area contributed by atoms with E-state index in [2.05, 4.69) is 4.98 Å². The van der Waals surface area contributed by atoms with Gasteiger partial charge in [0.05, 0.1) is 27.6 Å². The largest absolute Gasteiger partial charge is 0.391 e. The third-order valence-corrected chi connectivity index (χ3v) is 2.81. The Morgan fingerprint density at radius 3 is 2.60 bits per heavy atom. The fourth-order valence-corrected chi connectivity index (χ4v) is 1.87. The van der Waals surface area contributed by atoms with Crippen LogP contribution in [0.3, 0.4) is 0 Å². The number of benzene rings is 1. The van der Waals surface area contributed by atoms with Crippen molar-refractivity contribution in [3.8, 4) is 0 Å². The number of fused-ring (bicyclic) bond motifs is 1. The first-order valence-electron chi connectivity index (χ1n) is 4.24. The highest BCUT2D eigenvalue weighted by molar-refractivity contribution is 6.39. The minimum Gasteiger partial charge on any atom is -0.391 e. The van der Waals surface area contributed by atoms with E-state index < -0.39 is 0 Å². The van der Waals surface area contributed by atoms with Crippen LogP contribution in [0.1, 0.15) is 5.56 Å². The fourth-order valence-electron chi connectivity index (χ4n) is 1.42. The maximum atomic E-state index is 11.8. The van der Waals surface area contributed by atoms with Crippen molar-refractivity contribution in [1.82, 2.24) is 4.98 Å². The molecule has 1 aromatic carbocycles. The molecule has 0 unspecified atom stereocenters. The first-order chi connectivity index (χ1) is 7.15. The number of pyridine rings is 1. The highest BCUT2D eigenvalue weighted by Gasteiger charge is 2.10. The molecule has 15 heavy (non-hydrogen) atoms. The molecule has 5 heteroatoms. The number of H-pyrrole nitrogens is 1. The Kier molecular flexibility index (Phi) is 2.69. The molecule has 2 aromatic rings. The van der Waals surface area contributed by atoms with Crippen LogP contribution in [0.15, 0.2) is 23.1 Å². The zero-order valence-electron chi connectivity index (χ0n) is 7.55. The van der Waals surface area contributed by atoms with Crippen molar-refractivity contribution < 1.29 is 5.11 Å². The van der Waals surface area contributed by atoms with Gasteiger partial charge < -0.3 is 10.1 Å². The van der Waals surface area contributed by atoms with Gasteiger partial charge in [-0.05, 0) is 12.1 Å².